The van der Waals surface area contributed by atoms with E-state index in [4.69, 9.17) is 4.74 Å². The molecule has 0 atom stereocenters. The van der Waals surface area contributed by atoms with Gasteiger partial charge in [-0.1, -0.05) is 58.4 Å². The third kappa shape index (κ3) is 3.09. The number of fused-ring (bicyclic) bond motifs is 1. The van der Waals surface area contributed by atoms with Crippen molar-refractivity contribution in [2.24, 2.45) is 0 Å². The highest BCUT2D eigenvalue weighted by molar-refractivity contribution is 9.10. The number of hydrogen-bond acceptors (Lipinski definition) is 2. The standard InChI is InChI=1S/C18H15BrO2/c19-15-8-5-13(6-9-15)12-21-18-10-7-14-3-1-2-4-16(14)17(18)11-20/h1-10,20H,11-12H2. The summed E-state index contributed by atoms with van der Waals surface area (Å²) >= 11 is 3.42. The van der Waals surface area contributed by atoms with Crippen LogP contribution in [0, 0.1) is 0 Å². The molecular weight excluding hydrogens is 328 g/mol. The maximum Gasteiger partial charge on any atom is 0.125 e. The van der Waals surface area contributed by atoms with Gasteiger partial charge in [-0.15, -0.1) is 0 Å². The van der Waals surface area contributed by atoms with Crippen LogP contribution < -0.4 is 4.74 Å². The molecule has 3 rings (SSSR count). The summed E-state index contributed by atoms with van der Waals surface area (Å²) in [5, 5.41) is 11.8. The molecule has 0 radical (unpaired) electrons. The molecule has 0 amide bonds. The van der Waals surface area contributed by atoms with E-state index in [1.54, 1.807) is 0 Å². The molecule has 0 saturated carbocycles. The summed E-state index contributed by atoms with van der Waals surface area (Å²) in [5.41, 5.74) is 1.93. The third-order valence-corrected chi connectivity index (χ3v) is 3.99. The molecule has 0 heterocycles. The van der Waals surface area contributed by atoms with E-state index in [1.807, 2.05) is 60.7 Å². The quantitative estimate of drug-likeness (QED) is 0.746. The highest BCUT2D eigenvalue weighted by Crippen LogP contribution is 2.28. The second kappa shape index (κ2) is 6.29. The minimum absolute atomic E-state index is 0.0307. The minimum atomic E-state index is -0.0307. The predicted molar refractivity (Wildman–Crippen MR) is 88.3 cm³/mol. The first-order chi connectivity index (χ1) is 10.3. The van der Waals surface area contributed by atoms with Crippen molar-refractivity contribution in [3.8, 4) is 5.75 Å². The van der Waals surface area contributed by atoms with Gasteiger partial charge in [0.25, 0.3) is 0 Å². The predicted octanol–water partition coefficient (Wildman–Crippen LogP) is 4.67. The van der Waals surface area contributed by atoms with Crippen molar-refractivity contribution < 1.29 is 9.84 Å². The summed E-state index contributed by atoms with van der Waals surface area (Å²) in [6.07, 6.45) is 0. The lowest BCUT2D eigenvalue weighted by Gasteiger charge is -2.13. The monoisotopic (exact) mass is 342 g/mol. The Morgan fingerprint density at radius 3 is 2.43 bits per heavy atom. The molecule has 0 unspecified atom stereocenters. The fourth-order valence-corrected chi connectivity index (χ4v) is 2.62. The molecule has 0 spiro atoms. The van der Waals surface area contributed by atoms with Crippen LogP contribution in [0.4, 0.5) is 0 Å². The van der Waals surface area contributed by atoms with Crippen molar-refractivity contribution >= 4 is 26.7 Å². The number of aliphatic hydroxyl groups excluding tert-OH is 1. The summed E-state index contributed by atoms with van der Waals surface area (Å²) in [4.78, 5) is 0. The zero-order valence-electron chi connectivity index (χ0n) is 11.4. The van der Waals surface area contributed by atoms with Gasteiger partial charge in [0.15, 0.2) is 0 Å². The first kappa shape index (κ1) is 14.1. The molecule has 0 bridgehead atoms. The molecule has 21 heavy (non-hydrogen) atoms. The van der Waals surface area contributed by atoms with Gasteiger partial charge in [0.1, 0.15) is 12.4 Å². The van der Waals surface area contributed by atoms with E-state index in [-0.39, 0.29) is 6.61 Å². The zero-order chi connectivity index (χ0) is 14.7. The smallest absolute Gasteiger partial charge is 0.125 e. The lowest BCUT2D eigenvalue weighted by Crippen LogP contribution is -1.99. The van der Waals surface area contributed by atoms with E-state index >= 15 is 0 Å². The summed E-state index contributed by atoms with van der Waals surface area (Å²) in [6, 6.07) is 20.0. The van der Waals surface area contributed by atoms with E-state index in [1.165, 1.54) is 0 Å². The number of benzene rings is 3. The van der Waals surface area contributed by atoms with Crippen LogP contribution in [0.2, 0.25) is 0 Å². The van der Waals surface area contributed by atoms with Crippen LogP contribution in [0.5, 0.6) is 5.75 Å². The number of rotatable bonds is 4. The number of halogens is 1. The van der Waals surface area contributed by atoms with Gasteiger partial charge in [0, 0.05) is 10.0 Å². The lowest BCUT2D eigenvalue weighted by atomic mass is 10.0. The summed E-state index contributed by atoms with van der Waals surface area (Å²) < 4.78 is 6.94. The molecule has 0 saturated heterocycles. The fraction of sp³-hybridized carbons (Fsp3) is 0.111. The molecule has 106 valence electrons. The topological polar surface area (TPSA) is 29.5 Å². The van der Waals surface area contributed by atoms with Crippen LogP contribution in [0.3, 0.4) is 0 Å². The van der Waals surface area contributed by atoms with Gasteiger partial charge in [-0.3, -0.25) is 0 Å². The molecule has 2 nitrogen and oxygen atoms in total. The average Bonchev–Trinajstić information content (AvgIpc) is 2.53. The van der Waals surface area contributed by atoms with E-state index in [2.05, 4.69) is 15.9 Å². The molecule has 1 N–H and O–H groups in total. The first-order valence-corrected chi connectivity index (χ1v) is 7.56. The average molecular weight is 343 g/mol. The van der Waals surface area contributed by atoms with Crippen molar-refractivity contribution in [2.75, 3.05) is 0 Å². The maximum absolute atomic E-state index is 9.66. The molecule has 0 fully saturated rings. The zero-order valence-corrected chi connectivity index (χ0v) is 13.0. The Balaban J connectivity index is 1.88. The van der Waals surface area contributed by atoms with Gasteiger partial charge in [-0.25, -0.2) is 0 Å². The lowest BCUT2D eigenvalue weighted by molar-refractivity contribution is 0.261. The number of ether oxygens (including phenoxy) is 1. The molecular formula is C18H15BrO2. The van der Waals surface area contributed by atoms with Crippen LogP contribution in [-0.4, -0.2) is 5.11 Å². The van der Waals surface area contributed by atoms with E-state index in [0.717, 1.165) is 32.1 Å². The van der Waals surface area contributed by atoms with Crippen LogP contribution >= 0.6 is 15.9 Å². The third-order valence-electron chi connectivity index (χ3n) is 3.46. The Labute approximate surface area is 132 Å². The van der Waals surface area contributed by atoms with Gasteiger partial charge in [0.05, 0.1) is 6.61 Å². The molecule has 3 heteroatoms. The summed E-state index contributed by atoms with van der Waals surface area (Å²) in [7, 11) is 0. The van der Waals surface area contributed by atoms with Crippen LogP contribution in [-0.2, 0) is 13.2 Å². The van der Waals surface area contributed by atoms with E-state index in [9.17, 15) is 5.11 Å². The number of hydrogen-bond donors (Lipinski definition) is 1. The highest BCUT2D eigenvalue weighted by Gasteiger charge is 2.08. The SMILES string of the molecule is OCc1c(OCc2ccc(Br)cc2)ccc2ccccc12. The highest BCUT2D eigenvalue weighted by atomic mass is 79.9. The second-order valence-corrected chi connectivity index (χ2v) is 5.75. The largest absolute Gasteiger partial charge is 0.489 e. The Bertz CT molecular complexity index is 751. The van der Waals surface area contributed by atoms with Crippen LogP contribution in [0.15, 0.2) is 65.1 Å². The van der Waals surface area contributed by atoms with Crippen molar-refractivity contribution in [1.82, 2.24) is 0 Å². The summed E-state index contributed by atoms with van der Waals surface area (Å²) in [5.74, 6) is 0.735. The maximum atomic E-state index is 9.66. The van der Waals surface area contributed by atoms with Gasteiger partial charge >= 0.3 is 0 Å². The Kier molecular flexibility index (Phi) is 4.23. The van der Waals surface area contributed by atoms with Crippen molar-refractivity contribution in [3.63, 3.8) is 0 Å². The van der Waals surface area contributed by atoms with Crippen molar-refractivity contribution in [1.29, 1.82) is 0 Å². The first-order valence-electron chi connectivity index (χ1n) is 6.76. The van der Waals surface area contributed by atoms with Gasteiger partial charge < -0.3 is 9.84 Å². The van der Waals surface area contributed by atoms with Gasteiger partial charge in [0.2, 0.25) is 0 Å². The van der Waals surface area contributed by atoms with Gasteiger partial charge in [-0.05, 0) is 34.5 Å². The van der Waals surface area contributed by atoms with E-state index in [0.29, 0.717) is 6.61 Å². The van der Waals surface area contributed by atoms with Gasteiger partial charge in [-0.2, -0.15) is 0 Å². The minimum Gasteiger partial charge on any atom is -0.489 e. The molecule has 0 aliphatic rings. The fourth-order valence-electron chi connectivity index (χ4n) is 2.36. The van der Waals surface area contributed by atoms with Crippen LogP contribution in [0.25, 0.3) is 10.8 Å². The molecule has 0 aliphatic carbocycles. The molecule has 0 aromatic heterocycles. The molecule has 3 aromatic rings. The molecule has 3 aromatic carbocycles. The van der Waals surface area contributed by atoms with Crippen LogP contribution in [0.1, 0.15) is 11.1 Å². The number of aliphatic hydroxyl groups is 1. The van der Waals surface area contributed by atoms with E-state index < -0.39 is 0 Å². The molecule has 0 aliphatic heterocycles. The normalized spacial score (nSPS) is 10.8. The Morgan fingerprint density at radius 2 is 1.67 bits per heavy atom. The Hall–Kier alpha value is -1.84. The van der Waals surface area contributed by atoms with Crippen molar-refractivity contribution in [3.05, 3.63) is 76.3 Å². The van der Waals surface area contributed by atoms with Crippen molar-refractivity contribution in [2.45, 2.75) is 13.2 Å². The Morgan fingerprint density at radius 1 is 0.905 bits per heavy atom. The second-order valence-electron chi connectivity index (χ2n) is 4.84. The summed E-state index contributed by atoms with van der Waals surface area (Å²) in [6.45, 7) is 0.454.